The summed E-state index contributed by atoms with van der Waals surface area (Å²) in [6.45, 7) is 1.81. The van der Waals surface area contributed by atoms with Gasteiger partial charge in [-0.25, -0.2) is 0 Å². The molecule has 0 unspecified atom stereocenters. The monoisotopic (exact) mass is 167 g/mol. The zero-order valence-electron chi connectivity index (χ0n) is 7.45. The molecule has 1 aromatic rings. The van der Waals surface area contributed by atoms with Crippen molar-refractivity contribution in [1.82, 2.24) is 10.2 Å². The molecule has 1 aliphatic rings. The normalized spacial score (nSPS) is 17.5. The molecule has 66 valence electrons. The molecule has 0 aromatic carbocycles. The number of hydrogen-bond acceptors (Lipinski definition) is 4. The number of rotatable bonds is 2. The molecule has 0 N–H and O–H groups in total. The SMILES string of the molecule is Cc1nnc(N(C)C2CCC2)o1. The molecular formula is C8H13N3O. The highest BCUT2D eigenvalue weighted by Gasteiger charge is 2.25. The first-order chi connectivity index (χ1) is 5.77. The lowest BCUT2D eigenvalue weighted by Crippen LogP contribution is -2.37. The Kier molecular flexibility index (Phi) is 1.75. The highest BCUT2D eigenvalue weighted by atomic mass is 16.4. The summed E-state index contributed by atoms with van der Waals surface area (Å²) < 4.78 is 5.31. The Balaban J connectivity index is 2.08. The Hall–Kier alpha value is -1.06. The highest BCUT2D eigenvalue weighted by molar-refractivity contribution is 5.25. The van der Waals surface area contributed by atoms with Crippen molar-refractivity contribution in [2.24, 2.45) is 0 Å². The number of nitrogens with zero attached hydrogens (tertiary/aromatic N) is 3. The van der Waals surface area contributed by atoms with Crippen molar-refractivity contribution in [2.75, 3.05) is 11.9 Å². The number of aromatic nitrogens is 2. The van der Waals surface area contributed by atoms with Gasteiger partial charge < -0.3 is 9.32 Å². The second kappa shape index (κ2) is 2.77. The van der Waals surface area contributed by atoms with Crippen LogP contribution in [-0.4, -0.2) is 23.3 Å². The molecule has 0 spiro atoms. The second-order valence-electron chi connectivity index (χ2n) is 3.30. The average Bonchev–Trinajstić information content (AvgIpc) is 2.31. The fourth-order valence-electron chi connectivity index (χ4n) is 1.36. The van der Waals surface area contributed by atoms with E-state index < -0.39 is 0 Å². The Morgan fingerprint density at radius 3 is 2.58 bits per heavy atom. The molecule has 2 rings (SSSR count). The molecule has 4 nitrogen and oxygen atoms in total. The van der Waals surface area contributed by atoms with E-state index in [2.05, 4.69) is 15.1 Å². The summed E-state index contributed by atoms with van der Waals surface area (Å²) in [5.74, 6) is 0.635. The van der Waals surface area contributed by atoms with Crippen molar-refractivity contribution >= 4 is 6.01 Å². The topological polar surface area (TPSA) is 42.2 Å². The van der Waals surface area contributed by atoms with Crippen molar-refractivity contribution in [3.05, 3.63) is 5.89 Å². The maximum atomic E-state index is 5.31. The molecule has 0 aliphatic heterocycles. The molecule has 1 aromatic heterocycles. The van der Waals surface area contributed by atoms with Gasteiger partial charge in [-0.15, -0.1) is 5.10 Å². The van der Waals surface area contributed by atoms with Gasteiger partial charge in [0.15, 0.2) is 0 Å². The predicted octanol–water partition coefficient (Wildman–Crippen LogP) is 1.37. The van der Waals surface area contributed by atoms with Crippen molar-refractivity contribution < 1.29 is 4.42 Å². The van der Waals surface area contributed by atoms with Gasteiger partial charge in [0.2, 0.25) is 5.89 Å². The van der Waals surface area contributed by atoms with E-state index in [0.717, 1.165) is 0 Å². The van der Waals surface area contributed by atoms with Crippen LogP contribution in [0.5, 0.6) is 0 Å². The van der Waals surface area contributed by atoms with Crippen molar-refractivity contribution in [3.63, 3.8) is 0 Å². The molecule has 12 heavy (non-hydrogen) atoms. The van der Waals surface area contributed by atoms with Crippen LogP contribution in [0.1, 0.15) is 25.2 Å². The lowest BCUT2D eigenvalue weighted by Gasteiger charge is -2.33. The van der Waals surface area contributed by atoms with Gasteiger partial charge in [-0.05, 0) is 19.3 Å². The average molecular weight is 167 g/mol. The van der Waals surface area contributed by atoms with E-state index in [4.69, 9.17) is 4.42 Å². The van der Waals surface area contributed by atoms with Gasteiger partial charge in [0.05, 0.1) is 0 Å². The zero-order chi connectivity index (χ0) is 8.55. The third-order valence-electron chi connectivity index (χ3n) is 2.44. The zero-order valence-corrected chi connectivity index (χ0v) is 7.45. The van der Waals surface area contributed by atoms with E-state index in [1.54, 1.807) is 0 Å². The predicted molar refractivity (Wildman–Crippen MR) is 45.1 cm³/mol. The van der Waals surface area contributed by atoms with Gasteiger partial charge in [-0.1, -0.05) is 5.10 Å². The fraction of sp³-hybridized carbons (Fsp3) is 0.750. The minimum absolute atomic E-state index is 0.616. The van der Waals surface area contributed by atoms with Crippen LogP contribution in [0, 0.1) is 6.92 Å². The van der Waals surface area contributed by atoms with Crippen molar-refractivity contribution in [1.29, 1.82) is 0 Å². The van der Waals surface area contributed by atoms with Crippen LogP contribution in [0.3, 0.4) is 0 Å². The standard InChI is InChI=1S/C8H13N3O/c1-6-9-10-8(12-6)11(2)7-4-3-5-7/h7H,3-5H2,1-2H3. The smallest absolute Gasteiger partial charge is 0.318 e. The summed E-state index contributed by atoms with van der Waals surface area (Å²) in [5, 5.41) is 7.75. The van der Waals surface area contributed by atoms with E-state index >= 15 is 0 Å². The van der Waals surface area contributed by atoms with E-state index in [9.17, 15) is 0 Å². The van der Waals surface area contributed by atoms with E-state index in [0.29, 0.717) is 17.9 Å². The van der Waals surface area contributed by atoms with E-state index in [1.807, 2.05) is 14.0 Å². The lowest BCUT2D eigenvalue weighted by molar-refractivity contribution is 0.376. The lowest BCUT2D eigenvalue weighted by atomic mass is 9.92. The molecule has 4 heteroatoms. The Labute approximate surface area is 71.6 Å². The first-order valence-corrected chi connectivity index (χ1v) is 4.30. The summed E-state index contributed by atoms with van der Waals surface area (Å²) in [4.78, 5) is 2.07. The minimum atomic E-state index is 0.616. The molecule has 0 atom stereocenters. The number of hydrogen-bond donors (Lipinski definition) is 0. The maximum absolute atomic E-state index is 5.31. The third kappa shape index (κ3) is 1.17. The van der Waals surface area contributed by atoms with Gasteiger partial charge >= 0.3 is 6.01 Å². The van der Waals surface area contributed by atoms with Crippen LogP contribution in [0.15, 0.2) is 4.42 Å². The summed E-state index contributed by atoms with van der Waals surface area (Å²) in [6.07, 6.45) is 3.82. The molecule has 0 radical (unpaired) electrons. The molecule has 0 bridgehead atoms. The first kappa shape index (κ1) is 7.58. The molecule has 1 heterocycles. The van der Waals surface area contributed by atoms with Crippen LogP contribution < -0.4 is 4.90 Å². The summed E-state index contributed by atoms with van der Waals surface area (Å²) in [5.41, 5.74) is 0. The van der Waals surface area contributed by atoms with E-state index in [1.165, 1.54) is 19.3 Å². The van der Waals surface area contributed by atoms with Gasteiger partial charge in [-0.2, -0.15) is 0 Å². The molecule has 1 saturated carbocycles. The van der Waals surface area contributed by atoms with Crippen LogP contribution in [0.25, 0.3) is 0 Å². The molecule has 1 fully saturated rings. The van der Waals surface area contributed by atoms with Crippen molar-refractivity contribution in [3.8, 4) is 0 Å². The molecule has 0 amide bonds. The highest BCUT2D eigenvalue weighted by Crippen LogP contribution is 2.26. The Bertz CT molecular complexity index is 267. The molecule has 0 saturated heterocycles. The third-order valence-corrected chi connectivity index (χ3v) is 2.44. The van der Waals surface area contributed by atoms with Gasteiger partial charge in [0, 0.05) is 20.0 Å². The molecular weight excluding hydrogens is 154 g/mol. The largest absolute Gasteiger partial charge is 0.408 e. The van der Waals surface area contributed by atoms with Crippen LogP contribution in [0.2, 0.25) is 0 Å². The summed E-state index contributed by atoms with van der Waals surface area (Å²) in [7, 11) is 2.01. The van der Waals surface area contributed by atoms with Crippen LogP contribution >= 0.6 is 0 Å². The Morgan fingerprint density at radius 2 is 2.17 bits per heavy atom. The second-order valence-corrected chi connectivity index (χ2v) is 3.30. The van der Waals surface area contributed by atoms with Crippen LogP contribution in [0.4, 0.5) is 6.01 Å². The minimum Gasteiger partial charge on any atom is -0.408 e. The molecule has 1 aliphatic carbocycles. The maximum Gasteiger partial charge on any atom is 0.318 e. The van der Waals surface area contributed by atoms with Crippen molar-refractivity contribution in [2.45, 2.75) is 32.2 Å². The number of aryl methyl sites for hydroxylation is 1. The van der Waals surface area contributed by atoms with Gasteiger partial charge in [0.25, 0.3) is 0 Å². The summed E-state index contributed by atoms with van der Waals surface area (Å²) in [6, 6.07) is 1.27. The Morgan fingerprint density at radius 1 is 1.42 bits per heavy atom. The van der Waals surface area contributed by atoms with Gasteiger partial charge in [-0.3, -0.25) is 0 Å². The number of anilines is 1. The summed E-state index contributed by atoms with van der Waals surface area (Å²) >= 11 is 0. The van der Waals surface area contributed by atoms with E-state index in [-0.39, 0.29) is 0 Å². The quantitative estimate of drug-likeness (QED) is 0.667. The van der Waals surface area contributed by atoms with Crippen LogP contribution in [-0.2, 0) is 0 Å². The first-order valence-electron chi connectivity index (χ1n) is 4.30. The fourth-order valence-corrected chi connectivity index (χ4v) is 1.36. The van der Waals surface area contributed by atoms with Gasteiger partial charge in [0.1, 0.15) is 0 Å².